The lowest BCUT2D eigenvalue weighted by Gasteiger charge is -2.38. The van der Waals surface area contributed by atoms with Gasteiger partial charge in [-0.2, -0.15) is 0 Å². The maximum Gasteiger partial charge on any atom is 0.410 e. The third-order valence-electron chi connectivity index (χ3n) is 7.59. The highest BCUT2D eigenvalue weighted by Gasteiger charge is 2.38. The molecule has 1 saturated heterocycles. The smallest absolute Gasteiger partial charge is 0.410 e. The SMILES string of the molecule is C=[N+]1Nc2ccc(OC)cc2C(=O)N1CC1CCC(C(=O)N2CCN(C(=O)OC(C)CC)CC2)CC1. The molecule has 196 valence electrons. The molecule has 1 aromatic carbocycles. The molecule has 1 saturated carbocycles. The number of hydrogen-bond acceptors (Lipinski definition) is 6. The van der Waals surface area contributed by atoms with Crippen molar-refractivity contribution in [2.75, 3.05) is 45.3 Å². The highest BCUT2D eigenvalue weighted by atomic mass is 16.6. The predicted molar refractivity (Wildman–Crippen MR) is 135 cm³/mol. The molecular weight excluding hydrogens is 462 g/mol. The predicted octanol–water partition coefficient (Wildman–Crippen LogP) is 2.99. The highest BCUT2D eigenvalue weighted by Crippen LogP contribution is 2.33. The third kappa shape index (κ3) is 5.57. The van der Waals surface area contributed by atoms with Gasteiger partial charge in [-0.3, -0.25) is 9.59 Å². The van der Waals surface area contributed by atoms with E-state index in [1.165, 1.54) is 4.79 Å². The van der Waals surface area contributed by atoms with Gasteiger partial charge in [-0.05, 0) is 63.1 Å². The number of hydrogen-bond donors (Lipinski definition) is 1. The summed E-state index contributed by atoms with van der Waals surface area (Å²) in [6, 6.07) is 5.36. The summed E-state index contributed by atoms with van der Waals surface area (Å²) in [5.41, 5.74) is 4.41. The summed E-state index contributed by atoms with van der Waals surface area (Å²) in [4.78, 5) is 43.6. The van der Waals surface area contributed by atoms with Crippen molar-refractivity contribution < 1.29 is 28.7 Å². The van der Waals surface area contributed by atoms with E-state index in [0.29, 0.717) is 55.6 Å². The minimum absolute atomic E-state index is 0.00381. The molecule has 2 aliphatic heterocycles. The molecule has 1 atom stereocenters. The first-order chi connectivity index (χ1) is 17.3. The summed E-state index contributed by atoms with van der Waals surface area (Å²) in [5, 5.41) is 1.63. The number of carbonyl (C=O) groups excluding carboxylic acids is 3. The van der Waals surface area contributed by atoms with E-state index in [9.17, 15) is 14.4 Å². The number of piperazine rings is 1. The van der Waals surface area contributed by atoms with Crippen LogP contribution in [0.1, 0.15) is 56.3 Å². The van der Waals surface area contributed by atoms with Crippen LogP contribution in [0.2, 0.25) is 0 Å². The minimum atomic E-state index is -0.292. The standard InChI is InChI=1S/C26H37N5O5/c1-5-18(2)36-26(34)30-14-12-29(13-15-30)24(32)20-8-6-19(7-9-20)17-31-25(33)22-16-21(35-4)10-11-23(22)27-28(31)3/h10-11,16,18-20H,3,5-9,12-15,17H2,1-2,4H3/p+1. The number of hydrazine groups is 2. The number of benzene rings is 1. The molecule has 1 aromatic rings. The van der Waals surface area contributed by atoms with E-state index < -0.39 is 0 Å². The minimum Gasteiger partial charge on any atom is -0.497 e. The van der Waals surface area contributed by atoms with Gasteiger partial charge in [-0.25, -0.2) is 4.79 Å². The van der Waals surface area contributed by atoms with Crippen LogP contribution in [-0.2, 0) is 9.53 Å². The second-order valence-corrected chi connectivity index (χ2v) is 9.94. The van der Waals surface area contributed by atoms with E-state index in [1.807, 2.05) is 24.8 Å². The van der Waals surface area contributed by atoms with Crippen LogP contribution in [0, 0.1) is 11.8 Å². The molecule has 4 rings (SSSR count). The summed E-state index contributed by atoms with van der Waals surface area (Å²) in [5.74, 6) is 0.993. The van der Waals surface area contributed by atoms with E-state index in [-0.39, 0.29) is 29.9 Å². The van der Waals surface area contributed by atoms with Crippen molar-refractivity contribution in [2.24, 2.45) is 11.8 Å². The van der Waals surface area contributed by atoms with Crippen LogP contribution in [0.5, 0.6) is 5.75 Å². The second-order valence-electron chi connectivity index (χ2n) is 9.94. The number of nitrogens with zero attached hydrogens (tertiary/aromatic N) is 4. The van der Waals surface area contributed by atoms with Crippen molar-refractivity contribution in [3.8, 4) is 5.75 Å². The largest absolute Gasteiger partial charge is 0.497 e. The molecule has 3 aliphatic rings. The first-order valence-corrected chi connectivity index (χ1v) is 12.9. The zero-order chi connectivity index (χ0) is 25.8. The molecule has 2 heterocycles. The maximum atomic E-state index is 13.1. The fourth-order valence-corrected chi connectivity index (χ4v) is 5.09. The molecule has 0 radical (unpaired) electrons. The lowest BCUT2D eigenvalue weighted by atomic mass is 9.81. The monoisotopic (exact) mass is 500 g/mol. The summed E-state index contributed by atoms with van der Waals surface area (Å²) in [6.45, 7) is 10.5. The average Bonchev–Trinajstić information content (AvgIpc) is 2.90. The van der Waals surface area contributed by atoms with Crippen molar-refractivity contribution in [1.82, 2.24) is 14.8 Å². The number of hydrazone groups is 2. The molecule has 2 fully saturated rings. The van der Waals surface area contributed by atoms with Gasteiger partial charge in [0.05, 0.1) is 19.2 Å². The molecular formula is C26H38N5O5+. The van der Waals surface area contributed by atoms with E-state index in [0.717, 1.165) is 32.1 Å². The van der Waals surface area contributed by atoms with Gasteiger partial charge in [0.15, 0.2) is 6.72 Å². The van der Waals surface area contributed by atoms with Crippen LogP contribution in [0.3, 0.4) is 0 Å². The Kier molecular flexibility index (Phi) is 8.01. The Morgan fingerprint density at radius 1 is 1.14 bits per heavy atom. The van der Waals surface area contributed by atoms with Crippen LogP contribution < -0.4 is 10.2 Å². The van der Waals surface area contributed by atoms with Gasteiger partial charge in [-0.1, -0.05) is 11.9 Å². The van der Waals surface area contributed by atoms with Crippen molar-refractivity contribution in [3.05, 3.63) is 23.8 Å². The fraction of sp³-hybridized carbons (Fsp3) is 0.615. The van der Waals surface area contributed by atoms with Crippen LogP contribution in [0.4, 0.5) is 10.5 Å². The molecule has 10 heteroatoms. The third-order valence-corrected chi connectivity index (χ3v) is 7.59. The average molecular weight is 501 g/mol. The number of fused-ring (bicyclic) bond motifs is 1. The Morgan fingerprint density at radius 3 is 2.44 bits per heavy atom. The molecule has 3 amide bonds. The zero-order valence-electron chi connectivity index (χ0n) is 21.6. The van der Waals surface area contributed by atoms with Crippen LogP contribution in [-0.4, -0.2) is 90.2 Å². The lowest BCUT2D eigenvalue weighted by Crippen LogP contribution is -2.53. The van der Waals surface area contributed by atoms with E-state index in [1.54, 1.807) is 29.2 Å². The summed E-state index contributed by atoms with van der Waals surface area (Å²) in [6.07, 6.45) is 3.74. The number of nitrogens with one attached hydrogen (secondary N) is 1. The Hall–Kier alpha value is -3.30. The lowest BCUT2D eigenvalue weighted by molar-refractivity contribution is -0.640. The molecule has 1 aliphatic carbocycles. The topological polar surface area (TPSA) is 94.4 Å². The molecule has 0 spiro atoms. The van der Waals surface area contributed by atoms with Gasteiger partial charge < -0.3 is 19.3 Å². The Balaban J connectivity index is 1.25. The second kappa shape index (κ2) is 11.2. The van der Waals surface area contributed by atoms with E-state index in [2.05, 4.69) is 12.1 Å². The van der Waals surface area contributed by atoms with E-state index in [4.69, 9.17) is 9.47 Å². The van der Waals surface area contributed by atoms with Crippen LogP contribution >= 0.6 is 0 Å². The van der Waals surface area contributed by atoms with Gasteiger partial charge >= 0.3 is 12.0 Å². The molecule has 36 heavy (non-hydrogen) atoms. The first-order valence-electron chi connectivity index (χ1n) is 12.9. The number of methoxy groups -OCH3 is 1. The summed E-state index contributed by atoms with van der Waals surface area (Å²) >= 11 is 0. The molecule has 10 nitrogen and oxygen atoms in total. The van der Waals surface area contributed by atoms with Crippen molar-refractivity contribution in [3.63, 3.8) is 0 Å². The van der Waals surface area contributed by atoms with Gasteiger partial charge in [0.1, 0.15) is 17.5 Å². The number of rotatable bonds is 6. The van der Waals surface area contributed by atoms with Crippen molar-refractivity contribution in [1.29, 1.82) is 0 Å². The number of carbonyl (C=O) groups is 3. The fourth-order valence-electron chi connectivity index (χ4n) is 5.09. The first kappa shape index (κ1) is 25.8. The van der Waals surface area contributed by atoms with Gasteiger partial charge in [0.25, 0.3) is 0 Å². The number of ether oxygens (including phenoxy) is 2. The van der Waals surface area contributed by atoms with Crippen LogP contribution in [0.15, 0.2) is 18.2 Å². The quantitative estimate of drug-likeness (QED) is 0.604. The molecule has 1 unspecified atom stereocenters. The Morgan fingerprint density at radius 2 is 1.81 bits per heavy atom. The summed E-state index contributed by atoms with van der Waals surface area (Å²) < 4.78 is 10.7. The summed E-state index contributed by atoms with van der Waals surface area (Å²) in [7, 11) is 1.58. The zero-order valence-corrected chi connectivity index (χ0v) is 21.6. The van der Waals surface area contributed by atoms with Gasteiger partial charge in [0, 0.05) is 36.9 Å². The normalized spacial score (nSPS) is 23.0. The van der Waals surface area contributed by atoms with Crippen molar-refractivity contribution >= 4 is 30.3 Å². The number of amides is 3. The Bertz CT molecular complexity index is 998. The maximum absolute atomic E-state index is 13.1. The highest BCUT2D eigenvalue weighted by molar-refractivity contribution is 6.00. The van der Waals surface area contributed by atoms with Gasteiger partial charge in [-0.15, -0.1) is 5.43 Å². The van der Waals surface area contributed by atoms with Crippen LogP contribution in [0.25, 0.3) is 0 Å². The van der Waals surface area contributed by atoms with E-state index >= 15 is 0 Å². The Labute approximate surface area is 212 Å². The molecule has 0 aromatic heterocycles. The number of anilines is 1. The molecule has 0 bridgehead atoms. The van der Waals surface area contributed by atoms with Crippen molar-refractivity contribution in [2.45, 2.75) is 52.1 Å². The molecule has 1 N–H and O–H groups in total. The van der Waals surface area contributed by atoms with Gasteiger partial charge in [0.2, 0.25) is 5.91 Å².